The van der Waals surface area contributed by atoms with Gasteiger partial charge in [0.05, 0.1) is 5.92 Å². The molecule has 0 aromatic heterocycles. The lowest BCUT2D eigenvalue weighted by atomic mass is 9.96. The molecule has 14 heavy (non-hydrogen) atoms. The quantitative estimate of drug-likeness (QED) is 0.814. The van der Waals surface area contributed by atoms with Crippen LogP contribution in [0.3, 0.4) is 0 Å². The van der Waals surface area contributed by atoms with Crippen LogP contribution in [-0.4, -0.2) is 16.5 Å². The van der Waals surface area contributed by atoms with Crippen LogP contribution in [0.1, 0.15) is 18.4 Å². The van der Waals surface area contributed by atoms with Gasteiger partial charge in [-0.15, -0.1) is 11.6 Å². The number of benzene rings is 1. The number of alkyl halides is 1. The fraction of sp³-hybridized carbons (Fsp3) is 0.300. The Morgan fingerprint density at radius 1 is 1.36 bits per heavy atom. The van der Waals surface area contributed by atoms with Gasteiger partial charge < -0.3 is 5.11 Å². The van der Waals surface area contributed by atoms with Crippen molar-refractivity contribution in [3.63, 3.8) is 0 Å². The van der Waals surface area contributed by atoms with Crippen molar-refractivity contribution in [2.24, 2.45) is 0 Å². The van der Waals surface area contributed by atoms with Gasteiger partial charge in [-0.05, 0) is 24.6 Å². The molecule has 0 bridgehead atoms. The van der Waals surface area contributed by atoms with E-state index in [1.807, 2.05) is 0 Å². The van der Waals surface area contributed by atoms with Crippen molar-refractivity contribution in [2.75, 3.05) is 0 Å². The van der Waals surface area contributed by atoms with Gasteiger partial charge in [-0.1, -0.05) is 23.7 Å². The van der Waals surface area contributed by atoms with Crippen molar-refractivity contribution >= 4 is 29.2 Å². The molecular formula is C10H10Cl2O2. The molecule has 0 spiro atoms. The number of carboxylic acids is 1. The van der Waals surface area contributed by atoms with Crippen molar-refractivity contribution < 1.29 is 9.90 Å². The Hall–Kier alpha value is -0.730. The molecule has 1 aromatic carbocycles. The number of carboxylic acid groups (broad SMARTS) is 1. The summed E-state index contributed by atoms with van der Waals surface area (Å²) in [7, 11) is 0. The largest absolute Gasteiger partial charge is 0.481 e. The van der Waals surface area contributed by atoms with Gasteiger partial charge in [-0.3, -0.25) is 4.79 Å². The van der Waals surface area contributed by atoms with Crippen molar-refractivity contribution in [2.45, 2.75) is 18.2 Å². The van der Waals surface area contributed by atoms with E-state index < -0.39 is 17.3 Å². The lowest BCUT2D eigenvalue weighted by Gasteiger charge is -2.14. The number of rotatable bonds is 3. The SMILES string of the molecule is CC(Cl)C(C(=O)O)c1ccc(Cl)cc1. The van der Waals surface area contributed by atoms with Crippen molar-refractivity contribution in [3.05, 3.63) is 34.9 Å². The summed E-state index contributed by atoms with van der Waals surface area (Å²) in [6.45, 7) is 1.66. The molecular weight excluding hydrogens is 223 g/mol. The Morgan fingerprint density at radius 2 is 1.86 bits per heavy atom. The standard InChI is InChI=1S/C10H10Cl2O2/c1-6(11)9(10(13)14)7-2-4-8(12)5-3-7/h2-6,9H,1H3,(H,13,14). The maximum atomic E-state index is 10.9. The van der Waals surface area contributed by atoms with E-state index in [1.54, 1.807) is 31.2 Å². The van der Waals surface area contributed by atoms with Crippen molar-refractivity contribution in [1.82, 2.24) is 0 Å². The molecule has 1 N–H and O–H groups in total. The lowest BCUT2D eigenvalue weighted by molar-refractivity contribution is -0.138. The summed E-state index contributed by atoms with van der Waals surface area (Å²) in [6.07, 6.45) is 0. The Kier molecular flexibility index (Phi) is 3.78. The third-order valence-electron chi connectivity index (χ3n) is 1.95. The summed E-state index contributed by atoms with van der Waals surface area (Å²) in [4.78, 5) is 10.9. The molecule has 1 aromatic rings. The fourth-order valence-electron chi connectivity index (χ4n) is 1.27. The maximum absolute atomic E-state index is 10.9. The highest BCUT2D eigenvalue weighted by Gasteiger charge is 2.24. The number of carbonyl (C=O) groups is 1. The van der Waals surface area contributed by atoms with Crippen LogP contribution in [0, 0.1) is 0 Å². The van der Waals surface area contributed by atoms with Crippen LogP contribution in [-0.2, 0) is 4.79 Å². The van der Waals surface area contributed by atoms with Crippen LogP contribution in [0.15, 0.2) is 24.3 Å². The van der Waals surface area contributed by atoms with Gasteiger partial charge in [0, 0.05) is 10.4 Å². The van der Waals surface area contributed by atoms with Crippen LogP contribution >= 0.6 is 23.2 Å². The van der Waals surface area contributed by atoms with Crippen molar-refractivity contribution in [3.8, 4) is 0 Å². The van der Waals surface area contributed by atoms with E-state index >= 15 is 0 Å². The second-order valence-electron chi connectivity index (χ2n) is 3.04. The second kappa shape index (κ2) is 4.67. The Morgan fingerprint density at radius 3 is 2.21 bits per heavy atom. The van der Waals surface area contributed by atoms with Gasteiger partial charge in [0.25, 0.3) is 0 Å². The topological polar surface area (TPSA) is 37.3 Å². The van der Waals surface area contributed by atoms with Gasteiger partial charge in [-0.25, -0.2) is 0 Å². The average Bonchev–Trinajstić information content (AvgIpc) is 2.07. The molecule has 2 nitrogen and oxygen atoms in total. The summed E-state index contributed by atoms with van der Waals surface area (Å²) < 4.78 is 0. The minimum absolute atomic E-state index is 0.450. The smallest absolute Gasteiger partial charge is 0.312 e. The van der Waals surface area contributed by atoms with Gasteiger partial charge in [0.15, 0.2) is 0 Å². The van der Waals surface area contributed by atoms with E-state index in [-0.39, 0.29) is 0 Å². The lowest BCUT2D eigenvalue weighted by Crippen LogP contribution is -2.19. The van der Waals surface area contributed by atoms with Gasteiger partial charge in [0.1, 0.15) is 0 Å². The van der Waals surface area contributed by atoms with Crippen LogP contribution < -0.4 is 0 Å². The first-order valence-corrected chi connectivity index (χ1v) is 4.96. The molecule has 0 aliphatic heterocycles. The zero-order valence-electron chi connectivity index (χ0n) is 7.58. The molecule has 0 aliphatic carbocycles. The minimum Gasteiger partial charge on any atom is -0.481 e. The first kappa shape index (κ1) is 11.3. The minimum atomic E-state index is -0.921. The highest BCUT2D eigenvalue weighted by molar-refractivity contribution is 6.30. The van der Waals surface area contributed by atoms with E-state index in [9.17, 15) is 4.79 Å². The molecule has 2 atom stereocenters. The van der Waals surface area contributed by atoms with Crippen LogP contribution in [0.5, 0.6) is 0 Å². The molecule has 1 rings (SSSR count). The summed E-state index contributed by atoms with van der Waals surface area (Å²) in [5.41, 5.74) is 0.671. The average molecular weight is 233 g/mol. The highest BCUT2D eigenvalue weighted by Crippen LogP contribution is 2.25. The number of aliphatic carboxylic acids is 1. The van der Waals surface area contributed by atoms with E-state index in [0.29, 0.717) is 10.6 Å². The molecule has 0 saturated heterocycles. The van der Waals surface area contributed by atoms with E-state index in [1.165, 1.54) is 0 Å². The normalized spacial score (nSPS) is 14.8. The molecule has 0 aliphatic rings. The molecule has 2 unspecified atom stereocenters. The first-order valence-electron chi connectivity index (χ1n) is 4.14. The third kappa shape index (κ3) is 2.63. The van der Waals surface area contributed by atoms with Crippen LogP contribution in [0.2, 0.25) is 5.02 Å². The third-order valence-corrected chi connectivity index (χ3v) is 2.46. The Labute approximate surface area is 92.5 Å². The number of hydrogen-bond acceptors (Lipinski definition) is 1. The first-order chi connectivity index (χ1) is 6.52. The Bertz CT molecular complexity index is 319. The molecule has 0 radical (unpaired) electrons. The predicted octanol–water partition coefficient (Wildman–Crippen LogP) is 3.14. The van der Waals surface area contributed by atoms with Crippen molar-refractivity contribution in [1.29, 1.82) is 0 Å². The zero-order chi connectivity index (χ0) is 10.7. The summed E-state index contributed by atoms with van der Waals surface area (Å²) in [5.74, 6) is -1.61. The second-order valence-corrected chi connectivity index (χ2v) is 4.17. The maximum Gasteiger partial charge on any atom is 0.312 e. The van der Waals surface area contributed by atoms with E-state index in [4.69, 9.17) is 28.3 Å². The van der Waals surface area contributed by atoms with E-state index in [2.05, 4.69) is 0 Å². The van der Waals surface area contributed by atoms with Gasteiger partial charge in [-0.2, -0.15) is 0 Å². The Balaban J connectivity index is 3.00. The summed E-state index contributed by atoms with van der Waals surface area (Å²) in [6, 6.07) is 6.68. The predicted molar refractivity (Wildman–Crippen MR) is 57.1 cm³/mol. The number of hydrogen-bond donors (Lipinski definition) is 1. The van der Waals surface area contributed by atoms with Crippen LogP contribution in [0.25, 0.3) is 0 Å². The van der Waals surface area contributed by atoms with E-state index in [0.717, 1.165) is 0 Å². The summed E-state index contributed by atoms with van der Waals surface area (Å²) in [5, 5.41) is 9.08. The number of halogens is 2. The van der Waals surface area contributed by atoms with Gasteiger partial charge >= 0.3 is 5.97 Å². The zero-order valence-corrected chi connectivity index (χ0v) is 9.09. The highest BCUT2D eigenvalue weighted by atomic mass is 35.5. The molecule has 0 saturated carbocycles. The molecule has 76 valence electrons. The molecule has 0 heterocycles. The molecule has 0 fully saturated rings. The monoisotopic (exact) mass is 232 g/mol. The van der Waals surface area contributed by atoms with Crippen LogP contribution in [0.4, 0.5) is 0 Å². The van der Waals surface area contributed by atoms with Gasteiger partial charge in [0.2, 0.25) is 0 Å². The molecule has 0 amide bonds. The summed E-state index contributed by atoms with van der Waals surface area (Å²) >= 11 is 11.5. The fourth-order valence-corrected chi connectivity index (χ4v) is 1.65. The molecule has 4 heteroatoms.